The van der Waals surface area contributed by atoms with Crippen LogP contribution in [0.2, 0.25) is 0 Å². The smallest absolute Gasteiger partial charge is 0.320 e. The molecule has 3 aromatic rings. The van der Waals surface area contributed by atoms with Crippen LogP contribution in [-0.4, -0.2) is 34.5 Å². The minimum atomic E-state index is -2.73. The highest BCUT2D eigenvalue weighted by Gasteiger charge is 2.20. The maximum Gasteiger partial charge on any atom is 0.320 e. The molecular formula is C18H17F2N3O2. The van der Waals surface area contributed by atoms with Gasteiger partial charge in [-0.05, 0) is 36.4 Å². The predicted octanol–water partition coefficient (Wildman–Crippen LogP) is 3.71. The van der Waals surface area contributed by atoms with Crippen LogP contribution in [0.4, 0.5) is 8.78 Å². The van der Waals surface area contributed by atoms with Gasteiger partial charge in [0.25, 0.3) is 5.91 Å². The van der Waals surface area contributed by atoms with Gasteiger partial charge in [0.05, 0.1) is 24.7 Å². The third-order valence-electron chi connectivity index (χ3n) is 3.93. The molecule has 0 aliphatic rings. The number of ether oxygens (including phenoxy) is 1. The zero-order chi connectivity index (χ0) is 18.0. The highest BCUT2D eigenvalue weighted by Crippen LogP contribution is 2.24. The normalized spacial score (nSPS) is 11.1. The van der Waals surface area contributed by atoms with Crippen LogP contribution in [0, 0.1) is 0 Å². The first kappa shape index (κ1) is 16.9. The Balaban J connectivity index is 1.87. The highest BCUT2D eigenvalue weighted by atomic mass is 19.3. The first-order chi connectivity index (χ1) is 12.0. The van der Waals surface area contributed by atoms with Crippen molar-refractivity contribution in [3.8, 4) is 5.75 Å². The molecule has 0 fully saturated rings. The van der Waals surface area contributed by atoms with Gasteiger partial charge in [0.15, 0.2) is 0 Å². The van der Waals surface area contributed by atoms with E-state index in [9.17, 15) is 13.6 Å². The van der Waals surface area contributed by atoms with Crippen LogP contribution in [-0.2, 0) is 6.54 Å². The Morgan fingerprint density at radius 1 is 1.20 bits per heavy atom. The Labute approximate surface area is 143 Å². The van der Waals surface area contributed by atoms with Crippen molar-refractivity contribution in [1.29, 1.82) is 0 Å². The molecule has 0 spiro atoms. The van der Waals surface area contributed by atoms with Crippen LogP contribution in [0.3, 0.4) is 0 Å². The second-order valence-corrected chi connectivity index (χ2v) is 5.55. The number of hydrogen-bond donors (Lipinski definition) is 0. The third kappa shape index (κ3) is 3.31. The Hall–Kier alpha value is -2.96. The molecule has 1 amide bonds. The first-order valence-electron chi connectivity index (χ1n) is 7.64. The molecule has 1 heterocycles. The fourth-order valence-corrected chi connectivity index (χ4v) is 2.66. The molecule has 0 unspecified atom stereocenters. The van der Waals surface area contributed by atoms with Gasteiger partial charge >= 0.3 is 6.55 Å². The fourth-order valence-electron chi connectivity index (χ4n) is 2.66. The zero-order valence-corrected chi connectivity index (χ0v) is 13.8. The predicted molar refractivity (Wildman–Crippen MR) is 89.8 cm³/mol. The van der Waals surface area contributed by atoms with E-state index in [1.807, 2.05) is 0 Å². The molecule has 0 atom stereocenters. The number of imidazole rings is 1. The highest BCUT2D eigenvalue weighted by molar-refractivity contribution is 5.94. The molecule has 5 nitrogen and oxygen atoms in total. The molecule has 0 aliphatic heterocycles. The van der Waals surface area contributed by atoms with Gasteiger partial charge in [0, 0.05) is 12.6 Å². The average molecular weight is 345 g/mol. The summed E-state index contributed by atoms with van der Waals surface area (Å²) >= 11 is 0. The van der Waals surface area contributed by atoms with Crippen LogP contribution in [0.5, 0.6) is 5.75 Å². The van der Waals surface area contributed by atoms with E-state index in [-0.39, 0.29) is 18.3 Å². The summed E-state index contributed by atoms with van der Waals surface area (Å²) in [5, 5.41) is 0. The van der Waals surface area contributed by atoms with E-state index in [2.05, 4.69) is 4.98 Å². The van der Waals surface area contributed by atoms with Crippen molar-refractivity contribution in [3.05, 3.63) is 59.9 Å². The molecule has 7 heteroatoms. The summed E-state index contributed by atoms with van der Waals surface area (Å²) in [5.74, 6) is 0.495. The number of amides is 1. The average Bonchev–Trinajstić information content (AvgIpc) is 2.99. The Kier molecular flexibility index (Phi) is 4.65. The SMILES string of the molecule is COc1ccc(C(=O)N(C)Cc2nc3ccccc3n2C(F)F)cc1. The molecule has 3 rings (SSSR count). The molecule has 1 aromatic heterocycles. The van der Waals surface area contributed by atoms with Gasteiger partial charge in [0.2, 0.25) is 0 Å². The van der Waals surface area contributed by atoms with Gasteiger partial charge in [-0.15, -0.1) is 0 Å². The van der Waals surface area contributed by atoms with Crippen LogP contribution in [0.25, 0.3) is 11.0 Å². The van der Waals surface area contributed by atoms with Gasteiger partial charge in [-0.2, -0.15) is 8.78 Å². The monoisotopic (exact) mass is 345 g/mol. The number of nitrogens with zero attached hydrogens (tertiary/aromatic N) is 3. The zero-order valence-electron chi connectivity index (χ0n) is 13.8. The van der Waals surface area contributed by atoms with E-state index < -0.39 is 6.55 Å². The van der Waals surface area contributed by atoms with Crippen molar-refractivity contribution in [3.63, 3.8) is 0 Å². The maximum absolute atomic E-state index is 13.5. The van der Waals surface area contributed by atoms with Crippen molar-refractivity contribution in [2.75, 3.05) is 14.2 Å². The van der Waals surface area contributed by atoms with Gasteiger partial charge in [0.1, 0.15) is 11.6 Å². The second-order valence-electron chi connectivity index (χ2n) is 5.55. The number of hydrogen-bond acceptors (Lipinski definition) is 3. The lowest BCUT2D eigenvalue weighted by molar-refractivity contribution is 0.0646. The molecule has 25 heavy (non-hydrogen) atoms. The summed E-state index contributed by atoms with van der Waals surface area (Å²) in [6, 6.07) is 13.3. The van der Waals surface area contributed by atoms with Gasteiger partial charge in [-0.25, -0.2) is 4.98 Å². The molecule has 0 radical (unpaired) electrons. The molecule has 0 saturated heterocycles. The summed E-state index contributed by atoms with van der Waals surface area (Å²) in [5.41, 5.74) is 1.27. The maximum atomic E-state index is 13.5. The second kappa shape index (κ2) is 6.88. The van der Waals surface area contributed by atoms with Crippen molar-refractivity contribution >= 4 is 16.9 Å². The fraction of sp³-hybridized carbons (Fsp3) is 0.222. The molecule has 0 saturated carbocycles. The summed E-state index contributed by atoms with van der Waals surface area (Å²) in [4.78, 5) is 18.1. The van der Waals surface area contributed by atoms with Crippen LogP contribution < -0.4 is 4.74 Å². The summed E-state index contributed by atoms with van der Waals surface area (Å²) in [6.45, 7) is -2.75. The van der Waals surface area contributed by atoms with E-state index >= 15 is 0 Å². The van der Waals surface area contributed by atoms with Crippen molar-refractivity contribution < 1.29 is 18.3 Å². The first-order valence-corrected chi connectivity index (χ1v) is 7.64. The van der Waals surface area contributed by atoms with Crippen LogP contribution >= 0.6 is 0 Å². The lowest BCUT2D eigenvalue weighted by Gasteiger charge is -2.18. The largest absolute Gasteiger partial charge is 0.497 e. The number of aromatic nitrogens is 2. The molecule has 130 valence electrons. The number of alkyl halides is 2. The topological polar surface area (TPSA) is 47.4 Å². The molecule has 0 aliphatic carbocycles. The van der Waals surface area contributed by atoms with E-state index in [1.165, 1.54) is 12.0 Å². The van der Waals surface area contributed by atoms with E-state index in [0.717, 1.165) is 4.57 Å². The van der Waals surface area contributed by atoms with Crippen molar-refractivity contribution in [2.45, 2.75) is 13.1 Å². The van der Waals surface area contributed by atoms with Crippen molar-refractivity contribution in [1.82, 2.24) is 14.5 Å². The molecule has 2 aromatic carbocycles. The number of rotatable bonds is 5. The molecular weight excluding hydrogens is 328 g/mol. The lowest BCUT2D eigenvalue weighted by Crippen LogP contribution is -2.27. The molecule has 0 N–H and O–H groups in total. The van der Waals surface area contributed by atoms with Gasteiger partial charge in [-0.3, -0.25) is 9.36 Å². The number of carbonyl (C=O) groups is 1. The minimum absolute atomic E-state index is 0.0239. The van der Waals surface area contributed by atoms with E-state index in [1.54, 1.807) is 55.6 Å². The Bertz CT molecular complexity index is 891. The number of benzene rings is 2. The van der Waals surface area contributed by atoms with Gasteiger partial charge < -0.3 is 9.64 Å². The summed E-state index contributed by atoms with van der Waals surface area (Å²) < 4.78 is 32.8. The number of halogens is 2. The van der Waals surface area contributed by atoms with Crippen molar-refractivity contribution in [2.24, 2.45) is 0 Å². The summed E-state index contributed by atoms with van der Waals surface area (Å²) in [7, 11) is 3.10. The van der Waals surface area contributed by atoms with E-state index in [4.69, 9.17) is 4.74 Å². The number of fused-ring (bicyclic) bond motifs is 1. The lowest BCUT2D eigenvalue weighted by atomic mass is 10.2. The number of carbonyl (C=O) groups excluding carboxylic acids is 1. The Morgan fingerprint density at radius 3 is 2.52 bits per heavy atom. The number of methoxy groups -OCH3 is 1. The molecule has 0 bridgehead atoms. The quantitative estimate of drug-likeness (QED) is 0.708. The van der Waals surface area contributed by atoms with E-state index in [0.29, 0.717) is 22.3 Å². The van der Waals surface area contributed by atoms with Gasteiger partial charge in [-0.1, -0.05) is 12.1 Å². The third-order valence-corrected chi connectivity index (χ3v) is 3.93. The minimum Gasteiger partial charge on any atom is -0.497 e. The Morgan fingerprint density at radius 2 is 1.88 bits per heavy atom. The number of para-hydroxylation sites is 2. The van der Waals surface area contributed by atoms with Crippen LogP contribution in [0.15, 0.2) is 48.5 Å². The van der Waals surface area contributed by atoms with Crippen LogP contribution in [0.1, 0.15) is 22.7 Å². The summed E-state index contributed by atoms with van der Waals surface area (Å²) in [6.07, 6.45) is 0. The standard InChI is InChI=1S/C18H17F2N3O2/c1-22(17(24)12-7-9-13(25-2)10-8-12)11-16-21-14-5-3-4-6-15(14)23(16)18(19)20/h3-10,18H,11H2,1-2H3.